The zero-order valence-electron chi connectivity index (χ0n) is 13.0. The van der Waals surface area contributed by atoms with Gasteiger partial charge in [-0.05, 0) is 37.5 Å². The van der Waals surface area contributed by atoms with Crippen molar-refractivity contribution in [2.24, 2.45) is 5.92 Å². The first-order valence-corrected chi connectivity index (χ1v) is 8.88. The van der Waals surface area contributed by atoms with E-state index >= 15 is 0 Å². The highest BCUT2D eigenvalue weighted by atomic mass is 32.2. The Labute approximate surface area is 141 Å². The molecule has 1 aliphatic rings. The quantitative estimate of drug-likeness (QED) is 0.612. The summed E-state index contributed by atoms with van der Waals surface area (Å²) in [6.07, 6.45) is 8.04. The Morgan fingerprint density at radius 2 is 2.05 bits per heavy atom. The number of amides is 1. The SMILES string of the molecule is CC(C)C(=O)Nc1cccc(NC(=S)SC2C=CCCC2)c1. The van der Waals surface area contributed by atoms with E-state index < -0.39 is 0 Å². The molecule has 0 saturated carbocycles. The molecule has 1 aliphatic carbocycles. The number of thioether (sulfide) groups is 1. The van der Waals surface area contributed by atoms with Crippen molar-refractivity contribution < 1.29 is 4.79 Å². The van der Waals surface area contributed by atoms with Crippen LogP contribution in [0.15, 0.2) is 36.4 Å². The molecule has 0 aliphatic heterocycles. The third-order valence-corrected chi connectivity index (χ3v) is 4.77. The second kappa shape index (κ2) is 8.34. The number of carbonyl (C=O) groups is 1. The Kier molecular flexibility index (Phi) is 6.46. The van der Waals surface area contributed by atoms with E-state index in [0.717, 1.165) is 15.7 Å². The molecule has 0 fully saturated rings. The summed E-state index contributed by atoms with van der Waals surface area (Å²) in [6.45, 7) is 3.75. The molecule has 1 aromatic carbocycles. The Morgan fingerprint density at radius 1 is 1.32 bits per heavy atom. The van der Waals surface area contributed by atoms with Crippen LogP contribution in [-0.4, -0.2) is 15.5 Å². The van der Waals surface area contributed by atoms with Gasteiger partial charge in [-0.2, -0.15) is 0 Å². The highest BCUT2D eigenvalue weighted by Gasteiger charge is 2.12. The maximum Gasteiger partial charge on any atom is 0.226 e. The van der Waals surface area contributed by atoms with E-state index in [2.05, 4.69) is 22.8 Å². The number of hydrogen-bond donors (Lipinski definition) is 2. The summed E-state index contributed by atoms with van der Waals surface area (Å²) in [5.41, 5.74) is 1.69. The third-order valence-electron chi connectivity index (χ3n) is 3.37. The third kappa shape index (κ3) is 5.46. The predicted octanol–water partition coefficient (Wildman–Crippen LogP) is 4.82. The number of thiocarbonyl (C=S) groups is 1. The molecule has 3 nitrogen and oxygen atoms in total. The van der Waals surface area contributed by atoms with E-state index in [1.54, 1.807) is 11.8 Å². The first-order chi connectivity index (χ1) is 10.5. The van der Waals surface area contributed by atoms with Crippen molar-refractivity contribution in [3.63, 3.8) is 0 Å². The fourth-order valence-corrected chi connectivity index (χ4v) is 3.54. The van der Waals surface area contributed by atoms with Crippen LogP contribution >= 0.6 is 24.0 Å². The maximum absolute atomic E-state index is 11.7. The molecule has 5 heteroatoms. The van der Waals surface area contributed by atoms with Gasteiger partial charge in [-0.1, -0.05) is 56.0 Å². The number of anilines is 2. The van der Waals surface area contributed by atoms with E-state index in [0.29, 0.717) is 5.25 Å². The number of carbonyl (C=O) groups excluding carboxylic acids is 1. The van der Waals surface area contributed by atoms with Crippen molar-refractivity contribution in [3.8, 4) is 0 Å². The minimum Gasteiger partial charge on any atom is -0.341 e. The van der Waals surface area contributed by atoms with Crippen molar-refractivity contribution >= 4 is 45.6 Å². The van der Waals surface area contributed by atoms with Gasteiger partial charge in [0.05, 0.1) is 0 Å². The lowest BCUT2D eigenvalue weighted by Crippen LogP contribution is -2.18. The molecule has 1 amide bonds. The first kappa shape index (κ1) is 17.0. The van der Waals surface area contributed by atoms with E-state index in [-0.39, 0.29) is 11.8 Å². The Morgan fingerprint density at radius 3 is 2.68 bits per heavy atom. The molecule has 2 N–H and O–H groups in total. The molecule has 1 aromatic rings. The van der Waals surface area contributed by atoms with Gasteiger partial charge in [-0.15, -0.1) is 0 Å². The van der Waals surface area contributed by atoms with Crippen LogP contribution in [0.1, 0.15) is 33.1 Å². The normalized spacial score (nSPS) is 17.3. The van der Waals surface area contributed by atoms with Gasteiger partial charge in [0.1, 0.15) is 4.32 Å². The van der Waals surface area contributed by atoms with Gasteiger partial charge < -0.3 is 10.6 Å². The first-order valence-electron chi connectivity index (χ1n) is 7.60. The summed E-state index contributed by atoms with van der Waals surface area (Å²) in [7, 11) is 0. The molecule has 0 heterocycles. The van der Waals surface area contributed by atoms with Crippen LogP contribution in [0.4, 0.5) is 11.4 Å². The second-order valence-electron chi connectivity index (χ2n) is 5.65. The minimum atomic E-state index is -0.0358. The molecule has 22 heavy (non-hydrogen) atoms. The van der Waals surface area contributed by atoms with Crippen LogP contribution < -0.4 is 10.6 Å². The smallest absolute Gasteiger partial charge is 0.226 e. The molecule has 2 rings (SSSR count). The lowest BCUT2D eigenvalue weighted by Gasteiger charge is -2.17. The topological polar surface area (TPSA) is 41.1 Å². The summed E-state index contributed by atoms with van der Waals surface area (Å²) in [6, 6.07) is 7.65. The average Bonchev–Trinajstić information content (AvgIpc) is 2.48. The van der Waals surface area contributed by atoms with Crippen molar-refractivity contribution in [1.29, 1.82) is 0 Å². The van der Waals surface area contributed by atoms with Gasteiger partial charge >= 0.3 is 0 Å². The molecule has 118 valence electrons. The molecule has 1 atom stereocenters. The summed E-state index contributed by atoms with van der Waals surface area (Å²) >= 11 is 7.11. The van der Waals surface area contributed by atoms with Crippen molar-refractivity contribution in [2.45, 2.75) is 38.4 Å². The summed E-state index contributed by atoms with van der Waals surface area (Å²) in [4.78, 5) is 11.7. The second-order valence-corrected chi connectivity index (χ2v) is 7.57. The zero-order chi connectivity index (χ0) is 15.9. The highest BCUT2D eigenvalue weighted by molar-refractivity contribution is 8.23. The van der Waals surface area contributed by atoms with Gasteiger partial charge in [0.25, 0.3) is 0 Å². The Balaban J connectivity index is 1.92. The minimum absolute atomic E-state index is 0.0152. The fourth-order valence-electron chi connectivity index (χ4n) is 2.13. The van der Waals surface area contributed by atoms with Crippen LogP contribution in [0.25, 0.3) is 0 Å². The van der Waals surface area contributed by atoms with Crippen LogP contribution in [0.5, 0.6) is 0 Å². The number of rotatable bonds is 4. The van der Waals surface area contributed by atoms with E-state index in [1.165, 1.54) is 19.3 Å². The van der Waals surface area contributed by atoms with Crippen LogP contribution in [0, 0.1) is 5.92 Å². The molecule has 0 radical (unpaired) electrons. The molecule has 1 unspecified atom stereocenters. The molecule has 0 saturated heterocycles. The Hall–Kier alpha value is -1.33. The molecule has 0 aromatic heterocycles. The fraction of sp³-hybridized carbons (Fsp3) is 0.412. The van der Waals surface area contributed by atoms with Crippen LogP contribution in [0.2, 0.25) is 0 Å². The highest BCUT2D eigenvalue weighted by Crippen LogP contribution is 2.25. The summed E-state index contributed by atoms with van der Waals surface area (Å²) in [5, 5.41) is 6.61. The van der Waals surface area contributed by atoms with Gasteiger partial charge in [-0.3, -0.25) is 4.79 Å². The van der Waals surface area contributed by atoms with Gasteiger partial charge in [0, 0.05) is 22.5 Å². The number of nitrogens with one attached hydrogen (secondary N) is 2. The Bertz CT molecular complexity index is 570. The van der Waals surface area contributed by atoms with Crippen LogP contribution in [0.3, 0.4) is 0 Å². The van der Waals surface area contributed by atoms with Crippen LogP contribution in [-0.2, 0) is 4.79 Å². The molecule has 0 spiro atoms. The number of benzene rings is 1. The largest absolute Gasteiger partial charge is 0.341 e. The lowest BCUT2D eigenvalue weighted by molar-refractivity contribution is -0.118. The summed E-state index contributed by atoms with van der Waals surface area (Å²) < 4.78 is 0.767. The molecular weight excluding hydrogens is 312 g/mol. The van der Waals surface area contributed by atoms with Gasteiger partial charge in [0.15, 0.2) is 0 Å². The number of allylic oxidation sites excluding steroid dienone is 1. The maximum atomic E-state index is 11.7. The van der Waals surface area contributed by atoms with Gasteiger partial charge in [-0.25, -0.2) is 0 Å². The summed E-state index contributed by atoms with van der Waals surface area (Å²) in [5.74, 6) is -0.0206. The monoisotopic (exact) mass is 334 g/mol. The predicted molar refractivity (Wildman–Crippen MR) is 101 cm³/mol. The van der Waals surface area contributed by atoms with Crippen molar-refractivity contribution in [1.82, 2.24) is 0 Å². The standard InChI is InChI=1S/C17H22N2OS2/c1-12(2)16(20)18-13-7-6-8-14(11-13)19-17(21)22-15-9-4-3-5-10-15/h4,6-9,11-12,15H,3,5,10H2,1-2H3,(H,18,20)(H,19,21). The lowest BCUT2D eigenvalue weighted by atomic mass is 10.1. The van der Waals surface area contributed by atoms with Crippen molar-refractivity contribution in [3.05, 3.63) is 36.4 Å². The van der Waals surface area contributed by atoms with E-state index in [1.807, 2.05) is 38.1 Å². The zero-order valence-corrected chi connectivity index (χ0v) is 14.6. The van der Waals surface area contributed by atoms with E-state index in [4.69, 9.17) is 12.2 Å². The molecular formula is C17H22N2OS2. The number of hydrogen-bond acceptors (Lipinski definition) is 3. The average molecular weight is 335 g/mol. The van der Waals surface area contributed by atoms with E-state index in [9.17, 15) is 4.79 Å². The van der Waals surface area contributed by atoms with Gasteiger partial charge in [0.2, 0.25) is 5.91 Å². The molecule has 0 bridgehead atoms. The van der Waals surface area contributed by atoms with Crippen molar-refractivity contribution in [2.75, 3.05) is 10.6 Å².